The van der Waals surface area contributed by atoms with Gasteiger partial charge in [0.25, 0.3) is 5.91 Å². The van der Waals surface area contributed by atoms with Gasteiger partial charge in [-0.05, 0) is 36.6 Å². The van der Waals surface area contributed by atoms with Crippen LogP contribution >= 0.6 is 11.8 Å². The molecule has 1 N–H and O–H groups in total. The summed E-state index contributed by atoms with van der Waals surface area (Å²) in [5, 5.41) is 2.88. The first-order valence-electron chi connectivity index (χ1n) is 6.93. The van der Waals surface area contributed by atoms with Gasteiger partial charge in [0.1, 0.15) is 11.6 Å². The Hall–Kier alpha value is -1.75. The first-order valence-corrected chi connectivity index (χ1v) is 8.08. The highest BCUT2D eigenvalue weighted by atomic mass is 32.2. The molecule has 1 aromatic carbocycles. The van der Waals surface area contributed by atoms with Crippen molar-refractivity contribution in [2.24, 2.45) is 0 Å². The Kier molecular flexibility index (Phi) is 4.29. The molecule has 3 rings (SSSR count). The number of nitrogens with one attached hydrogen (secondary N) is 1. The summed E-state index contributed by atoms with van der Waals surface area (Å²) in [7, 11) is 0. The monoisotopic (exact) mass is 305 g/mol. The molecule has 0 bridgehead atoms. The van der Waals surface area contributed by atoms with Crippen LogP contribution in [0, 0.1) is 5.82 Å². The van der Waals surface area contributed by atoms with E-state index in [1.54, 1.807) is 36.0 Å². The second-order valence-corrected chi connectivity index (χ2v) is 6.08. The van der Waals surface area contributed by atoms with Crippen LogP contribution < -0.4 is 5.32 Å². The van der Waals surface area contributed by atoms with Gasteiger partial charge in [-0.2, -0.15) is 0 Å². The molecule has 0 saturated heterocycles. The van der Waals surface area contributed by atoms with Gasteiger partial charge in [0.05, 0.1) is 5.75 Å². The van der Waals surface area contributed by atoms with E-state index in [2.05, 4.69) is 5.32 Å². The third-order valence-electron chi connectivity index (χ3n) is 3.26. The number of halogens is 1. The molecule has 1 aliphatic carbocycles. The van der Waals surface area contributed by atoms with Crippen molar-refractivity contribution >= 4 is 17.7 Å². The highest BCUT2D eigenvalue weighted by Gasteiger charge is 2.25. The minimum atomic E-state index is -0.186. The van der Waals surface area contributed by atoms with Gasteiger partial charge in [-0.3, -0.25) is 4.79 Å². The standard InChI is InChI=1S/C16H16FNO2S/c17-14-4-2-1-3-11(14)9-21-10-13-7-8-15(20-13)16(19)18-12-5-6-12/h1-4,7-8,12H,5-6,9-10H2,(H,18,19). The fourth-order valence-electron chi connectivity index (χ4n) is 1.94. The summed E-state index contributed by atoms with van der Waals surface area (Å²) < 4.78 is 19.0. The van der Waals surface area contributed by atoms with E-state index in [0.29, 0.717) is 28.9 Å². The Bertz CT molecular complexity index is 637. The smallest absolute Gasteiger partial charge is 0.287 e. The van der Waals surface area contributed by atoms with Gasteiger partial charge in [-0.1, -0.05) is 18.2 Å². The van der Waals surface area contributed by atoms with E-state index in [1.165, 1.54) is 6.07 Å². The number of rotatable bonds is 6. The van der Waals surface area contributed by atoms with Crippen molar-refractivity contribution in [3.63, 3.8) is 0 Å². The van der Waals surface area contributed by atoms with E-state index < -0.39 is 0 Å². The van der Waals surface area contributed by atoms with E-state index in [0.717, 1.165) is 18.6 Å². The number of thioether (sulfide) groups is 1. The average molecular weight is 305 g/mol. The van der Waals surface area contributed by atoms with Crippen molar-refractivity contribution in [1.82, 2.24) is 5.32 Å². The molecule has 1 aliphatic rings. The Morgan fingerprint density at radius 1 is 1.24 bits per heavy atom. The zero-order valence-corrected chi connectivity index (χ0v) is 12.3. The van der Waals surface area contributed by atoms with Gasteiger partial charge in [0, 0.05) is 11.8 Å². The SMILES string of the molecule is O=C(NC1CC1)c1ccc(CSCc2ccccc2F)o1. The topological polar surface area (TPSA) is 42.2 Å². The van der Waals surface area contributed by atoms with Crippen LogP contribution in [0.4, 0.5) is 4.39 Å². The molecule has 0 atom stereocenters. The van der Waals surface area contributed by atoms with Crippen molar-refractivity contribution in [1.29, 1.82) is 0 Å². The van der Waals surface area contributed by atoms with Crippen LogP contribution in [0.1, 0.15) is 34.7 Å². The summed E-state index contributed by atoms with van der Waals surface area (Å²) in [6.45, 7) is 0. The molecule has 2 aromatic rings. The number of amides is 1. The number of hydrogen-bond donors (Lipinski definition) is 1. The molecule has 0 unspecified atom stereocenters. The highest BCUT2D eigenvalue weighted by Crippen LogP contribution is 2.22. The Balaban J connectivity index is 1.50. The summed E-state index contributed by atoms with van der Waals surface area (Å²) in [4.78, 5) is 11.8. The maximum atomic E-state index is 13.5. The molecule has 0 aliphatic heterocycles. The lowest BCUT2D eigenvalue weighted by atomic mass is 10.2. The van der Waals surface area contributed by atoms with Gasteiger partial charge >= 0.3 is 0 Å². The van der Waals surface area contributed by atoms with Gasteiger partial charge in [-0.15, -0.1) is 11.8 Å². The third kappa shape index (κ3) is 3.88. The van der Waals surface area contributed by atoms with Gasteiger partial charge in [-0.25, -0.2) is 4.39 Å². The molecule has 1 heterocycles. The zero-order chi connectivity index (χ0) is 14.7. The number of benzene rings is 1. The molecule has 0 spiro atoms. The van der Waals surface area contributed by atoms with E-state index in [4.69, 9.17) is 4.42 Å². The minimum absolute atomic E-state index is 0.150. The number of furan rings is 1. The zero-order valence-electron chi connectivity index (χ0n) is 11.5. The molecule has 3 nitrogen and oxygen atoms in total. The Labute approximate surface area is 126 Å². The van der Waals surface area contributed by atoms with Gasteiger partial charge in [0.2, 0.25) is 0 Å². The summed E-state index contributed by atoms with van der Waals surface area (Å²) in [6, 6.07) is 10.6. The van der Waals surface area contributed by atoms with Gasteiger partial charge in [0.15, 0.2) is 5.76 Å². The molecule has 21 heavy (non-hydrogen) atoms. The fraction of sp³-hybridized carbons (Fsp3) is 0.312. The summed E-state index contributed by atoms with van der Waals surface area (Å²) in [5.41, 5.74) is 0.681. The van der Waals surface area contributed by atoms with Crippen LogP contribution in [-0.2, 0) is 11.5 Å². The van der Waals surface area contributed by atoms with E-state index >= 15 is 0 Å². The van der Waals surface area contributed by atoms with Crippen molar-refractivity contribution in [3.8, 4) is 0 Å². The lowest BCUT2D eigenvalue weighted by Crippen LogP contribution is -2.24. The van der Waals surface area contributed by atoms with Crippen LogP contribution in [-0.4, -0.2) is 11.9 Å². The van der Waals surface area contributed by atoms with E-state index in [9.17, 15) is 9.18 Å². The second kappa shape index (κ2) is 6.35. The summed E-state index contributed by atoms with van der Waals surface area (Å²) in [5.74, 6) is 1.94. The summed E-state index contributed by atoms with van der Waals surface area (Å²) >= 11 is 1.56. The third-order valence-corrected chi connectivity index (χ3v) is 4.26. The molecular formula is C16H16FNO2S. The lowest BCUT2D eigenvalue weighted by molar-refractivity contribution is 0.0922. The van der Waals surface area contributed by atoms with Crippen LogP contribution in [0.5, 0.6) is 0 Å². The molecule has 1 aromatic heterocycles. The van der Waals surface area contributed by atoms with Crippen LogP contribution in [0.2, 0.25) is 0 Å². The second-order valence-electron chi connectivity index (χ2n) is 5.10. The lowest BCUT2D eigenvalue weighted by Gasteiger charge is -2.02. The number of carbonyl (C=O) groups excluding carboxylic acids is 1. The first-order chi connectivity index (χ1) is 10.2. The quantitative estimate of drug-likeness (QED) is 0.884. The first kappa shape index (κ1) is 14.2. The predicted octanol–water partition coefficient (Wildman–Crippen LogP) is 3.74. The molecule has 1 amide bonds. The molecule has 110 valence electrons. The number of hydrogen-bond acceptors (Lipinski definition) is 3. The van der Waals surface area contributed by atoms with E-state index in [1.807, 2.05) is 6.07 Å². The van der Waals surface area contributed by atoms with Crippen molar-refractivity contribution < 1.29 is 13.6 Å². The predicted molar refractivity (Wildman–Crippen MR) is 80.6 cm³/mol. The molecule has 5 heteroatoms. The average Bonchev–Trinajstić information content (AvgIpc) is 3.16. The number of carbonyl (C=O) groups is 1. The maximum absolute atomic E-state index is 13.5. The maximum Gasteiger partial charge on any atom is 0.287 e. The molecular weight excluding hydrogens is 289 g/mol. The van der Waals surface area contributed by atoms with Crippen molar-refractivity contribution in [3.05, 3.63) is 59.3 Å². The Morgan fingerprint density at radius 2 is 2.05 bits per heavy atom. The van der Waals surface area contributed by atoms with Crippen molar-refractivity contribution in [2.75, 3.05) is 0 Å². The molecule has 0 radical (unpaired) electrons. The van der Waals surface area contributed by atoms with Gasteiger partial charge < -0.3 is 9.73 Å². The van der Waals surface area contributed by atoms with E-state index in [-0.39, 0.29) is 11.7 Å². The van der Waals surface area contributed by atoms with Crippen LogP contribution in [0.15, 0.2) is 40.8 Å². The minimum Gasteiger partial charge on any atom is -0.455 e. The fourth-order valence-corrected chi connectivity index (χ4v) is 2.85. The highest BCUT2D eigenvalue weighted by molar-refractivity contribution is 7.97. The largest absolute Gasteiger partial charge is 0.455 e. The molecule has 1 fully saturated rings. The summed E-state index contributed by atoms with van der Waals surface area (Å²) in [6.07, 6.45) is 2.11. The molecule has 1 saturated carbocycles. The van der Waals surface area contributed by atoms with Crippen LogP contribution in [0.3, 0.4) is 0 Å². The Morgan fingerprint density at radius 3 is 2.81 bits per heavy atom. The normalized spacial score (nSPS) is 14.1. The van der Waals surface area contributed by atoms with Crippen molar-refractivity contribution in [2.45, 2.75) is 30.4 Å². The van der Waals surface area contributed by atoms with Crippen LogP contribution in [0.25, 0.3) is 0 Å².